The number of fused-ring (bicyclic) bond motifs is 1. The molecule has 27 heavy (non-hydrogen) atoms. The fraction of sp³-hybridized carbons (Fsp3) is 0.250. The van der Waals surface area contributed by atoms with Crippen LogP contribution in [0.4, 0.5) is 9.39 Å². The Morgan fingerprint density at radius 2 is 1.96 bits per heavy atom. The normalized spacial score (nSPS) is 13.4. The highest BCUT2D eigenvalue weighted by Crippen LogP contribution is 2.38. The number of benzene rings is 1. The third-order valence-corrected chi connectivity index (χ3v) is 5.54. The van der Waals surface area contributed by atoms with Crippen LogP contribution in [0.5, 0.6) is 0 Å². The van der Waals surface area contributed by atoms with E-state index in [0.717, 1.165) is 36.1 Å². The molecule has 138 valence electrons. The summed E-state index contributed by atoms with van der Waals surface area (Å²) < 4.78 is 17.9. The minimum atomic E-state index is -0.620. The third kappa shape index (κ3) is 4.07. The van der Waals surface area contributed by atoms with Gasteiger partial charge in [-0.25, -0.2) is 9.18 Å². The van der Waals surface area contributed by atoms with Crippen molar-refractivity contribution < 1.29 is 18.7 Å². The lowest BCUT2D eigenvalue weighted by Gasteiger charge is -2.11. The Balaban J connectivity index is 1.90. The predicted octanol–water partition coefficient (Wildman–Crippen LogP) is 4.10. The van der Waals surface area contributed by atoms with E-state index < -0.39 is 17.7 Å². The molecule has 0 atom stereocenters. The molecule has 5 nitrogen and oxygen atoms in total. The highest BCUT2D eigenvalue weighted by Gasteiger charge is 2.27. The summed E-state index contributed by atoms with van der Waals surface area (Å²) in [5.74, 6) is -1.52. The molecule has 0 spiro atoms. The van der Waals surface area contributed by atoms with Crippen molar-refractivity contribution in [2.45, 2.75) is 25.7 Å². The fourth-order valence-corrected chi connectivity index (χ4v) is 4.29. The molecule has 1 aliphatic rings. The molecule has 0 aliphatic heterocycles. The lowest BCUT2D eigenvalue weighted by atomic mass is 9.95. The Bertz CT molecular complexity index is 955. The van der Waals surface area contributed by atoms with Gasteiger partial charge in [-0.05, 0) is 55.0 Å². The molecule has 0 unspecified atom stereocenters. The van der Waals surface area contributed by atoms with Gasteiger partial charge in [0.25, 0.3) is 5.91 Å². The van der Waals surface area contributed by atoms with Crippen LogP contribution in [0.15, 0.2) is 29.8 Å². The van der Waals surface area contributed by atoms with Crippen molar-refractivity contribution in [2.75, 3.05) is 12.4 Å². The van der Waals surface area contributed by atoms with Gasteiger partial charge in [0.05, 0.1) is 12.7 Å². The predicted molar refractivity (Wildman–Crippen MR) is 101 cm³/mol. The maximum absolute atomic E-state index is 13.0. The molecule has 1 heterocycles. The second-order valence-electron chi connectivity index (χ2n) is 6.08. The number of carbonyl (C=O) groups excluding carboxylic acids is 2. The molecule has 1 aliphatic carbocycles. The first kappa shape index (κ1) is 18.8. The number of rotatable bonds is 4. The summed E-state index contributed by atoms with van der Waals surface area (Å²) in [5, 5.41) is 12.4. The van der Waals surface area contributed by atoms with Crippen LogP contribution in [0.1, 0.15) is 39.2 Å². The van der Waals surface area contributed by atoms with Gasteiger partial charge < -0.3 is 10.1 Å². The Morgan fingerprint density at radius 1 is 1.26 bits per heavy atom. The number of nitrogens with one attached hydrogen (secondary N) is 1. The van der Waals surface area contributed by atoms with Gasteiger partial charge in [-0.2, -0.15) is 5.26 Å². The second-order valence-corrected chi connectivity index (χ2v) is 7.19. The molecule has 0 bridgehead atoms. The first-order valence-corrected chi connectivity index (χ1v) is 9.26. The van der Waals surface area contributed by atoms with E-state index >= 15 is 0 Å². The van der Waals surface area contributed by atoms with Crippen molar-refractivity contribution >= 4 is 34.3 Å². The van der Waals surface area contributed by atoms with Crippen LogP contribution in [0, 0.1) is 17.1 Å². The van der Waals surface area contributed by atoms with E-state index in [9.17, 15) is 19.2 Å². The van der Waals surface area contributed by atoms with Crippen LogP contribution < -0.4 is 5.32 Å². The number of halogens is 1. The van der Waals surface area contributed by atoms with E-state index in [0.29, 0.717) is 16.1 Å². The van der Waals surface area contributed by atoms with E-state index in [1.165, 1.54) is 48.8 Å². The molecule has 7 heteroatoms. The summed E-state index contributed by atoms with van der Waals surface area (Å²) in [5.41, 5.74) is 1.70. The largest absolute Gasteiger partial charge is 0.465 e. The molecule has 3 rings (SSSR count). The molecule has 0 saturated heterocycles. The summed E-state index contributed by atoms with van der Waals surface area (Å²) >= 11 is 1.35. The van der Waals surface area contributed by atoms with Gasteiger partial charge >= 0.3 is 5.97 Å². The second kappa shape index (κ2) is 8.14. The van der Waals surface area contributed by atoms with Crippen LogP contribution in [0.3, 0.4) is 0 Å². The number of anilines is 1. The molecule has 0 saturated carbocycles. The van der Waals surface area contributed by atoms with E-state index in [4.69, 9.17) is 4.74 Å². The highest BCUT2D eigenvalue weighted by atomic mass is 32.1. The maximum atomic E-state index is 13.0. The van der Waals surface area contributed by atoms with Gasteiger partial charge in [0.1, 0.15) is 22.5 Å². The number of hydrogen-bond acceptors (Lipinski definition) is 5. The molecule has 0 radical (unpaired) electrons. The van der Waals surface area contributed by atoms with Crippen LogP contribution in [0.25, 0.3) is 6.08 Å². The summed E-state index contributed by atoms with van der Waals surface area (Å²) in [4.78, 5) is 25.9. The van der Waals surface area contributed by atoms with Crippen molar-refractivity contribution in [3.63, 3.8) is 0 Å². The SMILES string of the molecule is COC(=O)c1c(NC(=O)/C(C#N)=C\c2ccc(F)cc2)sc2c1CCCC2. The standard InChI is InChI=1S/C20H17FN2O3S/c1-26-20(25)17-15-4-2-3-5-16(15)27-19(17)23-18(24)13(11-22)10-12-6-8-14(21)9-7-12/h6-10H,2-5H2,1H3,(H,23,24)/b13-10-. The Labute approximate surface area is 160 Å². The number of thiophene rings is 1. The average Bonchev–Trinajstić information content (AvgIpc) is 3.04. The number of amides is 1. The van der Waals surface area contributed by atoms with Gasteiger partial charge in [0, 0.05) is 4.88 Å². The van der Waals surface area contributed by atoms with E-state index in [1.807, 2.05) is 6.07 Å². The molecule has 1 amide bonds. The number of hydrogen-bond donors (Lipinski definition) is 1. The zero-order valence-corrected chi connectivity index (χ0v) is 15.5. The number of aryl methyl sites for hydroxylation is 1. The zero-order valence-electron chi connectivity index (χ0n) is 14.7. The van der Waals surface area contributed by atoms with E-state index in [-0.39, 0.29) is 5.57 Å². The van der Waals surface area contributed by atoms with Crippen LogP contribution in [-0.4, -0.2) is 19.0 Å². The van der Waals surface area contributed by atoms with Gasteiger partial charge in [-0.1, -0.05) is 12.1 Å². The fourth-order valence-electron chi connectivity index (χ4n) is 3.02. The van der Waals surface area contributed by atoms with Crippen molar-refractivity contribution in [3.8, 4) is 6.07 Å². The third-order valence-electron chi connectivity index (χ3n) is 4.33. The van der Waals surface area contributed by atoms with Crippen molar-refractivity contribution in [2.24, 2.45) is 0 Å². The molecule has 1 N–H and O–H groups in total. The minimum Gasteiger partial charge on any atom is -0.465 e. The topological polar surface area (TPSA) is 79.2 Å². The first-order valence-electron chi connectivity index (χ1n) is 8.45. The summed E-state index contributed by atoms with van der Waals surface area (Å²) in [6, 6.07) is 7.31. The van der Waals surface area contributed by atoms with Crippen molar-refractivity contribution in [1.82, 2.24) is 0 Å². The van der Waals surface area contributed by atoms with E-state index in [1.54, 1.807) is 0 Å². The van der Waals surface area contributed by atoms with E-state index in [2.05, 4.69) is 5.32 Å². The lowest BCUT2D eigenvalue weighted by molar-refractivity contribution is -0.112. The number of nitriles is 1. The molecule has 1 aromatic heterocycles. The molecular weight excluding hydrogens is 367 g/mol. The highest BCUT2D eigenvalue weighted by molar-refractivity contribution is 7.17. The Kier molecular flexibility index (Phi) is 5.67. The number of esters is 1. The summed E-state index contributed by atoms with van der Waals surface area (Å²) in [7, 11) is 1.30. The smallest absolute Gasteiger partial charge is 0.341 e. The van der Waals surface area contributed by atoms with Gasteiger partial charge in [0.2, 0.25) is 0 Å². The average molecular weight is 384 g/mol. The lowest BCUT2D eigenvalue weighted by Crippen LogP contribution is -2.16. The summed E-state index contributed by atoms with van der Waals surface area (Å²) in [6.07, 6.45) is 5.02. The zero-order chi connectivity index (χ0) is 19.4. The molecule has 1 aromatic carbocycles. The number of methoxy groups -OCH3 is 1. The van der Waals surface area contributed by atoms with Gasteiger partial charge in [-0.15, -0.1) is 11.3 Å². The Hall–Kier alpha value is -2.98. The van der Waals surface area contributed by atoms with Gasteiger partial charge in [0.15, 0.2) is 0 Å². The summed E-state index contributed by atoms with van der Waals surface area (Å²) in [6.45, 7) is 0. The maximum Gasteiger partial charge on any atom is 0.341 e. The number of carbonyl (C=O) groups is 2. The Morgan fingerprint density at radius 3 is 2.63 bits per heavy atom. The minimum absolute atomic E-state index is 0.135. The molecular formula is C20H17FN2O3S. The molecule has 2 aromatic rings. The van der Waals surface area contributed by atoms with Crippen molar-refractivity contribution in [3.05, 3.63) is 57.2 Å². The van der Waals surface area contributed by atoms with Crippen molar-refractivity contribution in [1.29, 1.82) is 5.26 Å². The first-order chi connectivity index (χ1) is 13.0. The van der Waals surface area contributed by atoms with Crippen LogP contribution >= 0.6 is 11.3 Å². The number of nitrogens with zero attached hydrogens (tertiary/aromatic N) is 1. The molecule has 0 fully saturated rings. The van der Waals surface area contributed by atoms with Gasteiger partial charge in [-0.3, -0.25) is 4.79 Å². The van der Waals surface area contributed by atoms with Crippen LogP contribution in [0.2, 0.25) is 0 Å². The van der Waals surface area contributed by atoms with Crippen LogP contribution in [-0.2, 0) is 22.4 Å². The number of ether oxygens (including phenoxy) is 1. The monoisotopic (exact) mass is 384 g/mol. The quantitative estimate of drug-likeness (QED) is 0.489.